The third-order valence-corrected chi connectivity index (χ3v) is 1.89. The second kappa shape index (κ2) is 2.76. The van der Waals surface area contributed by atoms with E-state index in [2.05, 4.69) is 0 Å². The highest BCUT2D eigenvalue weighted by molar-refractivity contribution is 5.85. The van der Waals surface area contributed by atoms with E-state index in [-0.39, 0.29) is 18.3 Å². The van der Waals surface area contributed by atoms with Gasteiger partial charge in [-0.1, -0.05) is 0 Å². The normalized spacial score (nSPS) is 22.6. The van der Waals surface area contributed by atoms with E-state index in [9.17, 15) is 4.79 Å². The Morgan fingerprint density at radius 2 is 2.10 bits per heavy atom. The van der Waals surface area contributed by atoms with E-state index in [0.717, 1.165) is 12.8 Å². The van der Waals surface area contributed by atoms with Crippen LogP contribution in [0.4, 0.5) is 0 Å². The first-order chi connectivity index (χ1) is 4.05. The van der Waals surface area contributed by atoms with Gasteiger partial charge < -0.3 is 10.8 Å². The molecule has 1 atom stereocenters. The molecule has 10 heavy (non-hydrogen) atoms. The number of aliphatic carboxylic acids is 1. The second-order valence-corrected chi connectivity index (χ2v) is 2.86. The van der Waals surface area contributed by atoms with Crippen LogP contribution in [0.15, 0.2) is 0 Å². The van der Waals surface area contributed by atoms with Crippen LogP contribution < -0.4 is 5.73 Å². The van der Waals surface area contributed by atoms with Gasteiger partial charge >= 0.3 is 5.97 Å². The summed E-state index contributed by atoms with van der Waals surface area (Å²) in [6, 6.07) is 0. The Morgan fingerprint density at radius 1 is 1.70 bits per heavy atom. The molecule has 1 aliphatic rings. The van der Waals surface area contributed by atoms with Gasteiger partial charge in [-0.25, -0.2) is 0 Å². The Kier molecular flexibility index (Phi) is 2.68. The number of hydrogen-bond donors (Lipinski definition) is 2. The Balaban J connectivity index is 0.000000810. The summed E-state index contributed by atoms with van der Waals surface area (Å²) in [7, 11) is 0. The molecule has 1 unspecified atom stereocenters. The van der Waals surface area contributed by atoms with Gasteiger partial charge in [-0.05, 0) is 25.7 Å². The first-order valence-corrected chi connectivity index (χ1v) is 3.07. The average Bonchev–Trinajstić information content (AvgIpc) is 2.42. The molecule has 1 rings (SSSR count). The molecule has 3 N–H and O–H groups in total. The second-order valence-electron chi connectivity index (χ2n) is 2.86. The van der Waals surface area contributed by atoms with Crippen molar-refractivity contribution in [2.24, 2.45) is 11.7 Å². The number of hydrogen-bond acceptors (Lipinski definition) is 2. The highest BCUT2D eigenvalue weighted by Crippen LogP contribution is 2.37. The van der Waals surface area contributed by atoms with Gasteiger partial charge in [0.05, 0.1) is 0 Å². The highest BCUT2D eigenvalue weighted by Gasteiger charge is 2.44. The SMILES string of the molecule is CC(N)(C(=O)O)C1CC1.Cl. The summed E-state index contributed by atoms with van der Waals surface area (Å²) in [4.78, 5) is 10.4. The number of carboxylic acids is 1. The third-order valence-electron chi connectivity index (χ3n) is 1.89. The van der Waals surface area contributed by atoms with E-state index >= 15 is 0 Å². The van der Waals surface area contributed by atoms with Crippen molar-refractivity contribution in [2.45, 2.75) is 25.3 Å². The largest absolute Gasteiger partial charge is 0.480 e. The van der Waals surface area contributed by atoms with E-state index in [1.54, 1.807) is 6.92 Å². The molecule has 4 heteroatoms. The molecule has 0 amide bonds. The minimum atomic E-state index is -0.972. The molecule has 0 spiro atoms. The monoisotopic (exact) mass is 165 g/mol. The number of carbonyl (C=O) groups is 1. The quantitative estimate of drug-likeness (QED) is 0.631. The van der Waals surface area contributed by atoms with E-state index in [0.29, 0.717) is 0 Å². The molecule has 0 aromatic rings. The van der Waals surface area contributed by atoms with E-state index in [4.69, 9.17) is 10.8 Å². The van der Waals surface area contributed by atoms with Crippen LogP contribution in [0.1, 0.15) is 19.8 Å². The molecule has 1 aliphatic carbocycles. The van der Waals surface area contributed by atoms with Gasteiger partial charge in [0.2, 0.25) is 0 Å². The van der Waals surface area contributed by atoms with Gasteiger partial charge in [-0.2, -0.15) is 0 Å². The predicted octanol–water partition coefficient (Wildman–Crippen LogP) is 0.620. The van der Waals surface area contributed by atoms with E-state index in [1.165, 1.54) is 0 Å². The standard InChI is InChI=1S/C6H11NO2.ClH/c1-6(7,5(8)9)4-2-3-4;/h4H,2-3,7H2,1H3,(H,8,9);1H. The molecule has 0 bridgehead atoms. The fourth-order valence-electron chi connectivity index (χ4n) is 0.858. The minimum Gasteiger partial charge on any atom is -0.480 e. The smallest absolute Gasteiger partial charge is 0.323 e. The van der Waals surface area contributed by atoms with Crippen molar-refractivity contribution in [3.63, 3.8) is 0 Å². The summed E-state index contributed by atoms with van der Waals surface area (Å²) in [6.07, 6.45) is 1.94. The maximum atomic E-state index is 10.4. The lowest BCUT2D eigenvalue weighted by Crippen LogP contribution is -2.46. The molecule has 3 nitrogen and oxygen atoms in total. The molecule has 0 aromatic heterocycles. The fourth-order valence-corrected chi connectivity index (χ4v) is 0.858. The van der Waals surface area contributed by atoms with Gasteiger partial charge in [-0.15, -0.1) is 12.4 Å². The van der Waals surface area contributed by atoms with Crippen LogP contribution in [0, 0.1) is 5.92 Å². The Hall–Kier alpha value is -0.280. The summed E-state index contributed by atoms with van der Waals surface area (Å²) in [5.74, 6) is -0.667. The van der Waals surface area contributed by atoms with Crippen molar-refractivity contribution < 1.29 is 9.90 Å². The van der Waals surface area contributed by atoms with Crippen molar-refractivity contribution in [1.29, 1.82) is 0 Å². The molecule has 60 valence electrons. The first kappa shape index (κ1) is 9.72. The Labute approximate surface area is 66.0 Å². The molecule has 1 fully saturated rings. The lowest BCUT2D eigenvalue weighted by Gasteiger charge is -2.17. The summed E-state index contributed by atoms with van der Waals surface area (Å²) in [5.41, 5.74) is 4.49. The van der Waals surface area contributed by atoms with Crippen LogP contribution in [-0.4, -0.2) is 16.6 Å². The summed E-state index contributed by atoms with van der Waals surface area (Å²) in [5, 5.41) is 8.53. The molecule has 0 saturated heterocycles. The molecule has 0 aromatic carbocycles. The lowest BCUT2D eigenvalue weighted by atomic mass is 9.98. The number of rotatable bonds is 2. The lowest BCUT2D eigenvalue weighted by molar-refractivity contribution is -0.143. The zero-order chi connectivity index (χ0) is 7.07. The van der Waals surface area contributed by atoms with Crippen molar-refractivity contribution in [3.05, 3.63) is 0 Å². The number of nitrogens with two attached hydrogens (primary N) is 1. The van der Waals surface area contributed by atoms with Crippen LogP contribution in [0.5, 0.6) is 0 Å². The minimum absolute atomic E-state index is 0. The van der Waals surface area contributed by atoms with Crippen molar-refractivity contribution >= 4 is 18.4 Å². The maximum absolute atomic E-state index is 10.4. The van der Waals surface area contributed by atoms with Crippen LogP contribution in [0.3, 0.4) is 0 Å². The topological polar surface area (TPSA) is 63.3 Å². The molecule has 0 radical (unpaired) electrons. The van der Waals surface area contributed by atoms with Crippen LogP contribution in [-0.2, 0) is 4.79 Å². The van der Waals surface area contributed by atoms with Gasteiger partial charge in [0.15, 0.2) is 0 Å². The molecule has 0 heterocycles. The summed E-state index contributed by atoms with van der Waals surface area (Å²) in [6.45, 7) is 1.58. The third kappa shape index (κ3) is 1.61. The van der Waals surface area contributed by atoms with Gasteiger partial charge in [0.1, 0.15) is 5.54 Å². The summed E-state index contributed by atoms with van der Waals surface area (Å²) >= 11 is 0. The number of halogens is 1. The van der Waals surface area contributed by atoms with E-state index in [1.807, 2.05) is 0 Å². The first-order valence-electron chi connectivity index (χ1n) is 3.07. The zero-order valence-electron chi connectivity index (χ0n) is 5.83. The van der Waals surface area contributed by atoms with Crippen molar-refractivity contribution in [3.8, 4) is 0 Å². The predicted molar refractivity (Wildman–Crippen MR) is 40.2 cm³/mol. The average molecular weight is 166 g/mol. The molecule has 0 aliphatic heterocycles. The van der Waals surface area contributed by atoms with E-state index < -0.39 is 11.5 Å². The number of carboxylic acid groups (broad SMARTS) is 1. The molecular formula is C6H12ClNO2. The summed E-state index contributed by atoms with van der Waals surface area (Å²) < 4.78 is 0. The maximum Gasteiger partial charge on any atom is 0.323 e. The Morgan fingerprint density at radius 3 is 2.20 bits per heavy atom. The van der Waals surface area contributed by atoms with Crippen molar-refractivity contribution in [1.82, 2.24) is 0 Å². The molecular weight excluding hydrogens is 154 g/mol. The molecule has 1 saturated carbocycles. The van der Waals surface area contributed by atoms with Gasteiger partial charge in [0.25, 0.3) is 0 Å². The van der Waals surface area contributed by atoms with Crippen LogP contribution in [0.2, 0.25) is 0 Å². The fraction of sp³-hybridized carbons (Fsp3) is 0.833. The highest BCUT2D eigenvalue weighted by atomic mass is 35.5. The van der Waals surface area contributed by atoms with Gasteiger partial charge in [0, 0.05) is 0 Å². The van der Waals surface area contributed by atoms with Gasteiger partial charge in [-0.3, -0.25) is 4.79 Å². The van der Waals surface area contributed by atoms with Crippen LogP contribution >= 0.6 is 12.4 Å². The van der Waals surface area contributed by atoms with Crippen molar-refractivity contribution in [2.75, 3.05) is 0 Å². The van der Waals surface area contributed by atoms with Crippen LogP contribution in [0.25, 0.3) is 0 Å². The Bertz CT molecular complexity index is 143. The zero-order valence-corrected chi connectivity index (χ0v) is 6.65.